The van der Waals surface area contributed by atoms with Crippen molar-refractivity contribution in [1.82, 2.24) is 19.6 Å². The van der Waals surface area contributed by atoms with Crippen LogP contribution in [0.3, 0.4) is 0 Å². The third kappa shape index (κ3) is 5.04. The Balaban J connectivity index is 1.24. The summed E-state index contributed by atoms with van der Waals surface area (Å²) < 4.78 is 7.58. The lowest BCUT2D eigenvalue weighted by Gasteiger charge is -2.33. The van der Waals surface area contributed by atoms with Crippen LogP contribution in [0.2, 0.25) is 5.02 Å². The van der Waals surface area contributed by atoms with Crippen molar-refractivity contribution in [3.63, 3.8) is 0 Å². The van der Waals surface area contributed by atoms with E-state index in [1.807, 2.05) is 46.8 Å². The summed E-state index contributed by atoms with van der Waals surface area (Å²) in [5, 5.41) is 5.34. The predicted molar refractivity (Wildman–Crippen MR) is 146 cm³/mol. The second kappa shape index (κ2) is 10.1. The van der Waals surface area contributed by atoms with Gasteiger partial charge in [0.1, 0.15) is 5.60 Å². The van der Waals surface area contributed by atoms with Crippen LogP contribution in [0.15, 0.2) is 60.8 Å². The van der Waals surface area contributed by atoms with Crippen LogP contribution in [0, 0.1) is 0 Å². The minimum absolute atomic E-state index is 0.0298. The number of likely N-dealkylation sites (tertiary alicyclic amines) is 2. The Morgan fingerprint density at radius 3 is 2.26 bits per heavy atom. The minimum atomic E-state index is -0.284. The van der Waals surface area contributed by atoms with Crippen LogP contribution in [-0.2, 0) is 4.74 Å². The van der Waals surface area contributed by atoms with Crippen molar-refractivity contribution in [3.05, 3.63) is 82.6 Å². The lowest BCUT2D eigenvalue weighted by molar-refractivity contribution is 0.0517. The van der Waals surface area contributed by atoms with Gasteiger partial charge in [-0.25, -0.2) is 9.48 Å². The molecule has 1 atom stereocenters. The number of piperidine rings is 1. The lowest BCUT2D eigenvalue weighted by Crippen LogP contribution is -2.40. The molecule has 1 aliphatic carbocycles. The molecule has 0 radical (unpaired) electrons. The van der Waals surface area contributed by atoms with E-state index < -0.39 is 0 Å². The lowest BCUT2D eigenvalue weighted by atomic mass is 9.90. The number of ether oxygens (including phenoxy) is 1. The zero-order chi connectivity index (χ0) is 26.3. The van der Waals surface area contributed by atoms with Crippen LogP contribution in [0.1, 0.15) is 72.5 Å². The summed E-state index contributed by atoms with van der Waals surface area (Å²) in [7, 11) is 0. The van der Waals surface area contributed by atoms with E-state index in [0.717, 1.165) is 50.0 Å². The number of rotatable bonds is 5. The highest BCUT2D eigenvalue weighted by Gasteiger charge is 2.43. The molecule has 0 N–H and O–H groups in total. The van der Waals surface area contributed by atoms with Gasteiger partial charge in [0.2, 0.25) is 0 Å². The molecule has 2 aliphatic heterocycles. The number of aromatic nitrogens is 2. The maximum absolute atomic E-state index is 13.9. The SMILES string of the molecule is CC1(OC(=O)N2CCC(c3c(C(=O)N4CC[C@@H](c5ccccc5)C4)cnn3-c3ccc(Cl)cc3)CC2)CC1. The second-order valence-corrected chi connectivity index (χ2v) is 11.5. The van der Waals surface area contributed by atoms with E-state index in [1.165, 1.54) is 5.56 Å². The highest BCUT2D eigenvalue weighted by atomic mass is 35.5. The van der Waals surface area contributed by atoms with E-state index in [0.29, 0.717) is 36.1 Å². The van der Waals surface area contributed by atoms with Crippen molar-refractivity contribution in [1.29, 1.82) is 0 Å². The van der Waals surface area contributed by atoms with Crippen molar-refractivity contribution in [2.45, 2.75) is 56.5 Å². The molecule has 3 heterocycles. The Morgan fingerprint density at radius 1 is 0.921 bits per heavy atom. The van der Waals surface area contributed by atoms with Crippen molar-refractivity contribution in [3.8, 4) is 5.69 Å². The molecule has 7 nitrogen and oxygen atoms in total. The van der Waals surface area contributed by atoms with E-state index in [2.05, 4.69) is 24.3 Å². The fourth-order valence-electron chi connectivity index (χ4n) is 5.70. The van der Waals surface area contributed by atoms with Crippen LogP contribution < -0.4 is 0 Å². The van der Waals surface area contributed by atoms with E-state index in [1.54, 1.807) is 11.1 Å². The van der Waals surface area contributed by atoms with E-state index in [4.69, 9.17) is 21.4 Å². The summed E-state index contributed by atoms with van der Waals surface area (Å²) in [5.74, 6) is 0.472. The molecule has 2 aromatic carbocycles. The Labute approximate surface area is 228 Å². The quantitative estimate of drug-likeness (QED) is 0.403. The molecule has 1 saturated carbocycles. The average molecular weight is 533 g/mol. The highest BCUT2D eigenvalue weighted by molar-refractivity contribution is 6.30. The number of halogens is 1. The van der Waals surface area contributed by atoms with Gasteiger partial charge in [-0.2, -0.15) is 5.10 Å². The normalized spacial score (nSPS) is 20.9. The monoisotopic (exact) mass is 532 g/mol. The smallest absolute Gasteiger partial charge is 0.410 e. The summed E-state index contributed by atoms with van der Waals surface area (Å²) in [5.41, 5.74) is 3.44. The number of hydrogen-bond donors (Lipinski definition) is 0. The molecule has 3 fully saturated rings. The first kappa shape index (κ1) is 25.0. The Bertz CT molecular complexity index is 1310. The van der Waals surface area contributed by atoms with Gasteiger partial charge < -0.3 is 14.5 Å². The third-order valence-corrected chi connectivity index (χ3v) is 8.53. The van der Waals surface area contributed by atoms with Crippen molar-refractivity contribution < 1.29 is 14.3 Å². The molecule has 0 spiro atoms. The van der Waals surface area contributed by atoms with Gasteiger partial charge in [0.25, 0.3) is 5.91 Å². The second-order valence-electron chi connectivity index (χ2n) is 11.1. The molecule has 8 heteroatoms. The number of nitrogens with zero attached hydrogens (tertiary/aromatic N) is 4. The van der Waals surface area contributed by atoms with Gasteiger partial charge in [0, 0.05) is 43.0 Å². The van der Waals surface area contributed by atoms with Gasteiger partial charge in [0.05, 0.1) is 23.1 Å². The standard InChI is InChI=1S/C30H33ClN4O3/c1-30(14-15-30)38-29(37)33-16-11-22(12-17-33)27-26(19-32-35(27)25-9-7-24(31)8-10-25)28(36)34-18-13-23(20-34)21-5-3-2-4-6-21/h2-10,19,22-23H,11-18,20H2,1H3/t23-/m1/s1. The van der Waals surface area contributed by atoms with Gasteiger partial charge in [-0.1, -0.05) is 41.9 Å². The summed E-state index contributed by atoms with van der Waals surface area (Å²) in [6, 6.07) is 18.0. The van der Waals surface area contributed by atoms with Crippen LogP contribution >= 0.6 is 11.6 Å². The maximum Gasteiger partial charge on any atom is 0.410 e. The molecule has 3 aliphatic rings. The fourth-order valence-corrected chi connectivity index (χ4v) is 5.83. The maximum atomic E-state index is 13.9. The van der Waals surface area contributed by atoms with Crippen molar-refractivity contribution in [2.75, 3.05) is 26.2 Å². The largest absolute Gasteiger partial charge is 0.443 e. The van der Waals surface area contributed by atoms with Crippen LogP contribution in [0.4, 0.5) is 4.79 Å². The average Bonchev–Trinajstić information content (AvgIpc) is 3.33. The van der Waals surface area contributed by atoms with Crippen LogP contribution in [0.25, 0.3) is 5.69 Å². The first-order chi connectivity index (χ1) is 18.4. The van der Waals surface area contributed by atoms with E-state index in [9.17, 15) is 9.59 Å². The predicted octanol–water partition coefficient (Wildman–Crippen LogP) is 6.02. The number of amides is 2. The molecule has 198 valence electrons. The molecule has 2 saturated heterocycles. The van der Waals surface area contributed by atoms with E-state index in [-0.39, 0.29) is 23.5 Å². The number of benzene rings is 2. The zero-order valence-electron chi connectivity index (χ0n) is 21.7. The summed E-state index contributed by atoms with van der Waals surface area (Å²) in [6.45, 7) is 4.61. The molecule has 1 aromatic heterocycles. The van der Waals surface area contributed by atoms with Gasteiger partial charge >= 0.3 is 6.09 Å². The molecule has 38 heavy (non-hydrogen) atoms. The molecule has 2 amide bonds. The molecular weight excluding hydrogens is 500 g/mol. The molecular formula is C30H33ClN4O3. The third-order valence-electron chi connectivity index (χ3n) is 8.28. The summed E-state index contributed by atoms with van der Waals surface area (Å²) in [4.78, 5) is 30.3. The number of hydrogen-bond acceptors (Lipinski definition) is 4. The highest BCUT2D eigenvalue weighted by Crippen LogP contribution is 2.40. The van der Waals surface area contributed by atoms with Crippen molar-refractivity contribution in [2.24, 2.45) is 0 Å². The van der Waals surface area contributed by atoms with E-state index >= 15 is 0 Å². The van der Waals surface area contributed by atoms with Gasteiger partial charge in [-0.3, -0.25) is 4.79 Å². The van der Waals surface area contributed by atoms with Gasteiger partial charge in [-0.05, 0) is 68.9 Å². The Kier molecular flexibility index (Phi) is 6.64. The topological polar surface area (TPSA) is 67.7 Å². The zero-order valence-corrected chi connectivity index (χ0v) is 22.4. The molecule has 3 aromatic rings. The summed E-state index contributed by atoms with van der Waals surface area (Å²) in [6.07, 6.45) is 5.81. The fraction of sp³-hybridized carbons (Fsp3) is 0.433. The van der Waals surface area contributed by atoms with Gasteiger partial charge in [0.15, 0.2) is 0 Å². The Hall–Kier alpha value is -3.32. The number of carbonyl (C=O) groups is 2. The first-order valence-electron chi connectivity index (χ1n) is 13.6. The molecule has 0 unspecified atom stereocenters. The van der Waals surface area contributed by atoms with Crippen LogP contribution in [-0.4, -0.2) is 63.4 Å². The first-order valence-corrected chi connectivity index (χ1v) is 13.9. The molecule has 6 rings (SSSR count). The summed E-state index contributed by atoms with van der Waals surface area (Å²) >= 11 is 6.15. The van der Waals surface area contributed by atoms with Crippen LogP contribution in [0.5, 0.6) is 0 Å². The minimum Gasteiger partial charge on any atom is -0.443 e. The number of carbonyl (C=O) groups excluding carboxylic acids is 2. The molecule has 0 bridgehead atoms. The Morgan fingerprint density at radius 2 is 1.58 bits per heavy atom. The van der Waals surface area contributed by atoms with Crippen molar-refractivity contribution >= 4 is 23.6 Å². The van der Waals surface area contributed by atoms with Gasteiger partial charge in [-0.15, -0.1) is 0 Å².